The van der Waals surface area contributed by atoms with E-state index < -0.39 is 0 Å². The van der Waals surface area contributed by atoms with Crippen LogP contribution in [0.3, 0.4) is 0 Å². The molecule has 1 saturated heterocycles. The average Bonchev–Trinajstić information content (AvgIpc) is 3.13. The summed E-state index contributed by atoms with van der Waals surface area (Å²) in [5, 5.41) is 3.42. The number of aromatic nitrogens is 3. The molecule has 0 amide bonds. The summed E-state index contributed by atoms with van der Waals surface area (Å²) in [6, 6.07) is 15.1. The molecule has 2 aromatic heterocycles. The van der Waals surface area contributed by atoms with Gasteiger partial charge in [-0.15, -0.1) is 0 Å². The lowest BCUT2D eigenvalue weighted by atomic mass is 10.0. The molecule has 1 aliphatic rings. The highest BCUT2D eigenvalue weighted by Crippen LogP contribution is 2.27. The van der Waals surface area contributed by atoms with Crippen LogP contribution in [0.25, 0.3) is 22.6 Å². The fraction of sp³-hybridized carbons (Fsp3) is 0.263. The van der Waals surface area contributed by atoms with Gasteiger partial charge in [-0.2, -0.15) is 0 Å². The van der Waals surface area contributed by atoms with Gasteiger partial charge in [0.15, 0.2) is 0 Å². The van der Waals surface area contributed by atoms with Gasteiger partial charge in [-0.3, -0.25) is 4.98 Å². The number of piperidine rings is 1. The summed E-state index contributed by atoms with van der Waals surface area (Å²) in [6.45, 7) is 2.17. The van der Waals surface area contributed by atoms with Crippen LogP contribution in [-0.2, 0) is 0 Å². The largest absolute Gasteiger partial charge is 0.328 e. The Morgan fingerprint density at radius 1 is 0.870 bits per heavy atom. The van der Waals surface area contributed by atoms with Crippen molar-refractivity contribution in [1.29, 1.82) is 0 Å². The Bertz CT molecular complexity index is 756. The third-order valence-corrected chi connectivity index (χ3v) is 4.47. The fourth-order valence-electron chi connectivity index (χ4n) is 3.24. The van der Waals surface area contributed by atoms with E-state index in [9.17, 15) is 0 Å². The molecule has 3 aromatic rings. The van der Waals surface area contributed by atoms with E-state index in [1.54, 1.807) is 0 Å². The molecule has 0 saturated carbocycles. The zero-order chi connectivity index (χ0) is 15.5. The molecule has 1 aliphatic heterocycles. The highest BCUT2D eigenvalue weighted by atomic mass is 15.1. The molecule has 0 atom stereocenters. The molecule has 4 heteroatoms. The quantitative estimate of drug-likeness (QED) is 0.805. The summed E-state index contributed by atoms with van der Waals surface area (Å²) in [5.41, 5.74) is 3.29. The minimum absolute atomic E-state index is 0.546. The number of rotatable bonds is 3. The van der Waals surface area contributed by atoms with Crippen molar-refractivity contribution in [2.75, 3.05) is 13.1 Å². The van der Waals surface area contributed by atoms with E-state index in [4.69, 9.17) is 0 Å². The maximum atomic E-state index is 4.59. The fourth-order valence-corrected chi connectivity index (χ4v) is 3.24. The highest BCUT2D eigenvalue weighted by Gasteiger charge is 2.18. The van der Waals surface area contributed by atoms with Gasteiger partial charge in [-0.05, 0) is 38.1 Å². The van der Waals surface area contributed by atoms with Gasteiger partial charge in [-0.1, -0.05) is 30.3 Å². The van der Waals surface area contributed by atoms with Gasteiger partial charge in [0.2, 0.25) is 0 Å². The van der Waals surface area contributed by atoms with E-state index >= 15 is 0 Å². The molecule has 3 heterocycles. The smallest absolute Gasteiger partial charge is 0.140 e. The van der Waals surface area contributed by atoms with Crippen LogP contribution in [0.15, 0.2) is 61.1 Å². The predicted molar refractivity (Wildman–Crippen MR) is 92.0 cm³/mol. The van der Waals surface area contributed by atoms with Crippen molar-refractivity contribution in [2.45, 2.75) is 18.9 Å². The monoisotopic (exact) mass is 304 g/mol. The van der Waals surface area contributed by atoms with Crippen LogP contribution in [0.2, 0.25) is 0 Å². The summed E-state index contributed by atoms with van der Waals surface area (Å²) >= 11 is 0. The highest BCUT2D eigenvalue weighted by molar-refractivity contribution is 5.65. The summed E-state index contributed by atoms with van der Waals surface area (Å²) in [7, 11) is 0. The van der Waals surface area contributed by atoms with Gasteiger partial charge in [0.05, 0.1) is 5.69 Å². The molecular formula is C19H20N4. The minimum atomic E-state index is 0.546. The van der Waals surface area contributed by atoms with E-state index in [0.29, 0.717) is 6.04 Å². The number of nitrogens with one attached hydrogen (secondary N) is 1. The minimum Gasteiger partial charge on any atom is -0.328 e. The van der Waals surface area contributed by atoms with Gasteiger partial charge in [-0.25, -0.2) is 4.98 Å². The third-order valence-electron chi connectivity index (χ3n) is 4.47. The lowest BCUT2D eigenvalue weighted by molar-refractivity contribution is 0.370. The van der Waals surface area contributed by atoms with E-state index in [1.165, 1.54) is 0 Å². The lowest BCUT2D eigenvalue weighted by Crippen LogP contribution is -2.29. The number of imidazole rings is 1. The second-order valence-electron chi connectivity index (χ2n) is 5.93. The Labute approximate surface area is 136 Å². The number of hydrogen-bond acceptors (Lipinski definition) is 3. The summed E-state index contributed by atoms with van der Waals surface area (Å²) < 4.78 is 2.33. The van der Waals surface area contributed by atoms with Crippen molar-refractivity contribution in [3.63, 3.8) is 0 Å². The molecule has 1 N–H and O–H groups in total. The van der Waals surface area contributed by atoms with Crippen molar-refractivity contribution in [1.82, 2.24) is 19.9 Å². The van der Waals surface area contributed by atoms with Crippen LogP contribution in [-0.4, -0.2) is 27.6 Å². The molecule has 1 aromatic carbocycles. The summed E-state index contributed by atoms with van der Waals surface area (Å²) in [6.07, 6.45) is 8.17. The van der Waals surface area contributed by atoms with Crippen LogP contribution in [0.4, 0.5) is 0 Å². The number of benzene rings is 1. The standard InChI is InChI=1S/C19H20N4/c1-2-10-21-18(3-1)15-4-6-16(7-5-15)19-22-13-14-23(19)17-8-11-20-12-9-17/h1-7,10,13-14,17,20H,8-9,11-12H2. The van der Waals surface area contributed by atoms with Gasteiger partial charge in [0.1, 0.15) is 5.82 Å². The van der Waals surface area contributed by atoms with Crippen LogP contribution in [0, 0.1) is 0 Å². The van der Waals surface area contributed by atoms with Crippen molar-refractivity contribution >= 4 is 0 Å². The zero-order valence-electron chi connectivity index (χ0n) is 13.0. The molecule has 0 bridgehead atoms. The predicted octanol–water partition coefficient (Wildman–Crippen LogP) is 3.54. The number of pyridine rings is 1. The Morgan fingerprint density at radius 2 is 1.65 bits per heavy atom. The van der Waals surface area contributed by atoms with Crippen LogP contribution in [0.1, 0.15) is 18.9 Å². The van der Waals surface area contributed by atoms with Gasteiger partial charge in [0.25, 0.3) is 0 Å². The van der Waals surface area contributed by atoms with E-state index in [0.717, 1.165) is 48.6 Å². The third kappa shape index (κ3) is 2.90. The normalized spacial score (nSPS) is 15.7. The Kier molecular flexibility index (Phi) is 3.90. The average molecular weight is 304 g/mol. The Hall–Kier alpha value is -2.46. The first kappa shape index (κ1) is 14.2. The lowest BCUT2D eigenvalue weighted by Gasteiger charge is -2.25. The van der Waals surface area contributed by atoms with Crippen molar-refractivity contribution < 1.29 is 0 Å². The van der Waals surface area contributed by atoms with E-state index in [2.05, 4.69) is 50.3 Å². The molecule has 1 fully saturated rings. The maximum Gasteiger partial charge on any atom is 0.140 e. The number of nitrogens with zero attached hydrogens (tertiary/aromatic N) is 3. The molecule has 0 aliphatic carbocycles. The van der Waals surface area contributed by atoms with Crippen LogP contribution < -0.4 is 5.32 Å². The first-order chi connectivity index (χ1) is 11.4. The molecule has 0 radical (unpaired) electrons. The molecular weight excluding hydrogens is 284 g/mol. The Balaban J connectivity index is 1.63. The van der Waals surface area contributed by atoms with Crippen molar-refractivity contribution in [2.24, 2.45) is 0 Å². The maximum absolute atomic E-state index is 4.59. The summed E-state index contributed by atoms with van der Waals surface area (Å²) in [5.74, 6) is 1.06. The second kappa shape index (κ2) is 6.34. The van der Waals surface area contributed by atoms with Gasteiger partial charge >= 0.3 is 0 Å². The van der Waals surface area contributed by atoms with Gasteiger partial charge in [0, 0.05) is 35.8 Å². The second-order valence-corrected chi connectivity index (χ2v) is 5.93. The molecule has 0 spiro atoms. The molecule has 0 unspecified atom stereocenters. The van der Waals surface area contributed by atoms with Crippen molar-refractivity contribution in [3.8, 4) is 22.6 Å². The first-order valence-electron chi connectivity index (χ1n) is 8.17. The molecule has 116 valence electrons. The summed E-state index contributed by atoms with van der Waals surface area (Å²) in [4.78, 5) is 9.00. The van der Waals surface area contributed by atoms with Gasteiger partial charge < -0.3 is 9.88 Å². The van der Waals surface area contributed by atoms with Crippen LogP contribution in [0.5, 0.6) is 0 Å². The molecule has 23 heavy (non-hydrogen) atoms. The number of hydrogen-bond donors (Lipinski definition) is 1. The topological polar surface area (TPSA) is 42.7 Å². The van der Waals surface area contributed by atoms with Crippen molar-refractivity contribution in [3.05, 3.63) is 61.1 Å². The van der Waals surface area contributed by atoms with E-state index in [-0.39, 0.29) is 0 Å². The molecule has 4 rings (SSSR count). The van der Waals surface area contributed by atoms with Crippen LogP contribution >= 0.6 is 0 Å². The zero-order valence-corrected chi connectivity index (χ0v) is 13.0. The van der Waals surface area contributed by atoms with E-state index in [1.807, 2.05) is 30.6 Å². The molecule has 4 nitrogen and oxygen atoms in total. The SMILES string of the molecule is c1ccc(-c2ccc(-c3nccn3C3CCNCC3)cc2)nc1. The Morgan fingerprint density at radius 3 is 2.39 bits per heavy atom. The first-order valence-corrected chi connectivity index (χ1v) is 8.17.